The van der Waals surface area contributed by atoms with Gasteiger partial charge in [-0.05, 0) is 30.2 Å². The summed E-state index contributed by atoms with van der Waals surface area (Å²) in [5.41, 5.74) is 3.16. The number of amides is 1. The number of benzene rings is 3. The van der Waals surface area contributed by atoms with Gasteiger partial charge >= 0.3 is 0 Å². The number of carbonyl (C=O) groups is 2. The fourth-order valence-corrected chi connectivity index (χ4v) is 3.64. The fourth-order valence-electron chi connectivity index (χ4n) is 3.64. The minimum Gasteiger partial charge on any atom is -0.546 e. The third kappa shape index (κ3) is 4.12. The van der Waals surface area contributed by atoms with Gasteiger partial charge < -0.3 is 24.9 Å². The first-order valence-electron chi connectivity index (χ1n) is 9.75. The lowest BCUT2D eigenvalue weighted by Gasteiger charge is -2.38. The summed E-state index contributed by atoms with van der Waals surface area (Å²) in [7, 11) is 0. The highest BCUT2D eigenvalue weighted by molar-refractivity contribution is 6.01. The van der Waals surface area contributed by atoms with Gasteiger partial charge in [-0.2, -0.15) is 0 Å². The van der Waals surface area contributed by atoms with Gasteiger partial charge in [0.1, 0.15) is 18.5 Å². The van der Waals surface area contributed by atoms with Crippen molar-refractivity contribution >= 4 is 17.6 Å². The van der Waals surface area contributed by atoms with Crippen molar-refractivity contribution in [3.63, 3.8) is 0 Å². The maximum atomic E-state index is 13.3. The second-order valence-corrected chi connectivity index (χ2v) is 7.03. The second kappa shape index (κ2) is 8.69. The highest BCUT2D eigenvalue weighted by Crippen LogP contribution is 2.36. The lowest BCUT2D eigenvalue weighted by Crippen LogP contribution is -2.44. The number of carboxylic acid groups (broad SMARTS) is 1. The standard InChI is InChI=1S/C24H22N2O4/c27-22(28)16-30-21-13-7-5-11-19(21)23-25-20-12-6-4-10-18(20)24(29)26(23)15-14-17-8-2-1-3-9-17/h1-13,23,25H,14-16H2,(H,27,28)/p-1/t23-/m1/s1. The molecule has 0 unspecified atom stereocenters. The molecule has 1 N–H and O–H groups in total. The number of carboxylic acids is 1. The number of fused-ring (bicyclic) bond motifs is 1. The van der Waals surface area contributed by atoms with Crippen molar-refractivity contribution in [2.45, 2.75) is 12.6 Å². The van der Waals surface area contributed by atoms with Crippen molar-refractivity contribution in [2.75, 3.05) is 18.5 Å². The van der Waals surface area contributed by atoms with Gasteiger partial charge in [0.05, 0.1) is 11.5 Å². The molecule has 3 aromatic rings. The molecule has 1 aliphatic heterocycles. The summed E-state index contributed by atoms with van der Waals surface area (Å²) in [5.74, 6) is -0.986. The largest absolute Gasteiger partial charge is 0.546 e. The molecular formula is C24H21N2O4-. The number of rotatable bonds is 7. The maximum absolute atomic E-state index is 13.3. The Hall–Kier alpha value is -3.80. The Morgan fingerprint density at radius 2 is 1.67 bits per heavy atom. The molecule has 6 heteroatoms. The number of hydrogen-bond acceptors (Lipinski definition) is 5. The van der Waals surface area contributed by atoms with Gasteiger partial charge in [0.25, 0.3) is 5.91 Å². The summed E-state index contributed by atoms with van der Waals surface area (Å²) in [4.78, 5) is 26.0. The lowest BCUT2D eigenvalue weighted by atomic mass is 10.0. The van der Waals surface area contributed by atoms with Crippen molar-refractivity contribution < 1.29 is 19.4 Å². The number of hydrogen-bond donors (Lipinski definition) is 1. The van der Waals surface area contributed by atoms with Crippen LogP contribution in [0.4, 0.5) is 5.69 Å². The molecule has 6 nitrogen and oxygen atoms in total. The predicted molar refractivity (Wildman–Crippen MR) is 111 cm³/mol. The Labute approximate surface area is 174 Å². The van der Waals surface area contributed by atoms with Gasteiger partial charge in [-0.3, -0.25) is 4.79 Å². The van der Waals surface area contributed by atoms with Gasteiger partial charge in [0.15, 0.2) is 0 Å². The molecule has 0 radical (unpaired) electrons. The first-order valence-corrected chi connectivity index (χ1v) is 9.75. The van der Waals surface area contributed by atoms with E-state index in [4.69, 9.17) is 4.74 Å². The summed E-state index contributed by atoms with van der Waals surface area (Å²) >= 11 is 0. The van der Waals surface area contributed by atoms with Crippen molar-refractivity contribution in [3.8, 4) is 5.75 Å². The Morgan fingerprint density at radius 1 is 0.967 bits per heavy atom. The van der Waals surface area contributed by atoms with Gasteiger partial charge in [-0.15, -0.1) is 0 Å². The molecule has 3 aromatic carbocycles. The van der Waals surface area contributed by atoms with Gasteiger partial charge in [0.2, 0.25) is 0 Å². The highest BCUT2D eigenvalue weighted by atomic mass is 16.5. The topological polar surface area (TPSA) is 81.7 Å². The molecule has 0 fully saturated rings. The number of para-hydroxylation sites is 2. The van der Waals surface area contributed by atoms with Crippen LogP contribution in [0.5, 0.6) is 5.75 Å². The third-order valence-electron chi connectivity index (χ3n) is 5.07. The Bertz CT molecular complexity index is 1050. The van der Waals surface area contributed by atoms with Crippen molar-refractivity contribution in [3.05, 3.63) is 95.6 Å². The second-order valence-electron chi connectivity index (χ2n) is 7.03. The zero-order chi connectivity index (χ0) is 20.9. The SMILES string of the molecule is O=C([O-])COc1ccccc1[C@@H]1Nc2ccccc2C(=O)N1CCc1ccccc1. The average molecular weight is 401 g/mol. The molecule has 0 saturated carbocycles. The molecule has 0 aromatic heterocycles. The molecule has 4 rings (SSSR count). The van der Waals surface area contributed by atoms with E-state index in [-0.39, 0.29) is 5.91 Å². The fraction of sp³-hybridized carbons (Fsp3) is 0.167. The molecule has 1 aliphatic rings. The van der Waals surface area contributed by atoms with E-state index in [2.05, 4.69) is 5.32 Å². The van der Waals surface area contributed by atoms with Crippen LogP contribution < -0.4 is 15.2 Å². The van der Waals surface area contributed by atoms with E-state index in [1.165, 1.54) is 0 Å². The Balaban J connectivity index is 1.68. The number of nitrogens with one attached hydrogen (secondary N) is 1. The summed E-state index contributed by atoms with van der Waals surface area (Å²) in [5, 5.41) is 14.3. The zero-order valence-electron chi connectivity index (χ0n) is 16.3. The number of nitrogens with zero attached hydrogens (tertiary/aromatic N) is 1. The highest BCUT2D eigenvalue weighted by Gasteiger charge is 2.34. The predicted octanol–water partition coefficient (Wildman–Crippen LogP) is 2.62. The normalized spacial score (nSPS) is 15.3. The molecule has 0 aliphatic carbocycles. The van der Waals surface area contributed by atoms with E-state index in [0.29, 0.717) is 29.8 Å². The van der Waals surface area contributed by atoms with E-state index in [9.17, 15) is 14.7 Å². The van der Waals surface area contributed by atoms with E-state index < -0.39 is 18.7 Å². The van der Waals surface area contributed by atoms with Crippen LogP contribution in [0.15, 0.2) is 78.9 Å². The summed E-state index contributed by atoms with van der Waals surface area (Å²) in [6.07, 6.45) is 0.198. The number of ether oxygens (including phenoxy) is 1. The molecule has 1 heterocycles. The Morgan fingerprint density at radius 3 is 2.47 bits per heavy atom. The van der Waals surface area contributed by atoms with Crippen molar-refractivity contribution in [1.29, 1.82) is 0 Å². The lowest BCUT2D eigenvalue weighted by molar-refractivity contribution is -0.307. The molecule has 0 spiro atoms. The van der Waals surface area contributed by atoms with Gasteiger partial charge in [0, 0.05) is 17.8 Å². The van der Waals surface area contributed by atoms with E-state index >= 15 is 0 Å². The minimum absolute atomic E-state index is 0.0833. The Kier molecular flexibility index (Phi) is 5.66. The first-order chi connectivity index (χ1) is 14.6. The van der Waals surface area contributed by atoms with Crippen LogP contribution in [0.2, 0.25) is 0 Å². The smallest absolute Gasteiger partial charge is 0.257 e. The van der Waals surface area contributed by atoms with Crippen LogP contribution in [0, 0.1) is 0 Å². The van der Waals surface area contributed by atoms with Crippen LogP contribution in [0.3, 0.4) is 0 Å². The van der Waals surface area contributed by atoms with E-state index in [1.807, 2.05) is 60.7 Å². The molecule has 1 atom stereocenters. The molecular weight excluding hydrogens is 380 g/mol. The molecule has 30 heavy (non-hydrogen) atoms. The molecule has 1 amide bonds. The van der Waals surface area contributed by atoms with Crippen molar-refractivity contribution in [1.82, 2.24) is 4.90 Å². The quantitative estimate of drug-likeness (QED) is 0.658. The number of aliphatic carboxylic acids is 1. The number of anilines is 1. The van der Waals surface area contributed by atoms with Crippen LogP contribution in [-0.2, 0) is 11.2 Å². The average Bonchev–Trinajstić information content (AvgIpc) is 2.78. The maximum Gasteiger partial charge on any atom is 0.257 e. The molecule has 0 bridgehead atoms. The van der Waals surface area contributed by atoms with Crippen molar-refractivity contribution in [2.24, 2.45) is 0 Å². The number of carbonyl (C=O) groups excluding carboxylic acids is 2. The van der Waals surface area contributed by atoms with Crippen LogP contribution in [0.25, 0.3) is 0 Å². The van der Waals surface area contributed by atoms with E-state index in [0.717, 1.165) is 11.3 Å². The minimum atomic E-state index is -1.30. The van der Waals surface area contributed by atoms with Gasteiger partial charge in [-0.1, -0.05) is 60.7 Å². The monoisotopic (exact) mass is 401 g/mol. The first kappa shape index (κ1) is 19.5. The van der Waals surface area contributed by atoms with Gasteiger partial charge in [-0.25, -0.2) is 0 Å². The van der Waals surface area contributed by atoms with Crippen LogP contribution in [0.1, 0.15) is 27.7 Å². The van der Waals surface area contributed by atoms with Crippen LogP contribution in [-0.4, -0.2) is 29.9 Å². The molecule has 0 saturated heterocycles. The molecule has 152 valence electrons. The van der Waals surface area contributed by atoms with Crippen LogP contribution >= 0.6 is 0 Å². The van der Waals surface area contributed by atoms with E-state index in [1.54, 1.807) is 23.1 Å². The summed E-state index contributed by atoms with van der Waals surface area (Å²) in [6.45, 7) is -0.0675. The summed E-state index contributed by atoms with van der Waals surface area (Å²) < 4.78 is 5.45. The summed E-state index contributed by atoms with van der Waals surface area (Å²) in [6, 6.07) is 24.5. The zero-order valence-corrected chi connectivity index (χ0v) is 16.3. The third-order valence-corrected chi connectivity index (χ3v) is 5.07.